The monoisotopic (exact) mass is 438 g/mol. The molecule has 3 aromatic rings. The summed E-state index contributed by atoms with van der Waals surface area (Å²) in [5.74, 6) is 1.64. The fraction of sp³-hybridized carbons (Fsp3) is 0.364. The van der Waals surface area contributed by atoms with Gasteiger partial charge < -0.3 is 9.80 Å². The van der Waals surface area contributed by atoms with E-state index in [1.165, 1.54) is 11.8 Å². The number of hydrogen-bond donors (Lipinski definition) is 0. The number of aromatic nitrogens is 2. The Hall–Kier alpha value is -2.45. The zero-order valence-electron chi connectivity index (χ0n) is 16.5. The van der Waals surface area contributed by atoms with Crippen LogP contribution in [0.25, 0.3) is 21.6 Å². The van der Waals surface area contributed by atoms with Crippen molar-refractivity contribution in [1.29, 1.82) is 0 Å². The summed E-state index contributed by atoms with van der Waals surface area (Å²) in [4.78, 5) is 39.3. The molecule has 154 valence electrons. The number of thiophene rings is 1. The van der Waals surface area contributed by atoms with Crippen LogP contribution in [0.3, 0.4) is 0 Å². The lowest BCUT2D eigenvalue weighted by molar-refractivity contribution is -0.139. The molecule has 0 atom stereocenters. The van der Waals surface area contributed by atoms with Crippen LogP contribution in [0.2, 0.25) is 0 Å². The van der Waals surface area contributed by atoms with Gasteiger partial charge in [-0.1, -0.05) is 36.0 Å². The summed E-state index contributed by atoms with van der Waals surface area (Å²) in [5.41, 5.74) is 0.887. The number of nitrogens with zero attached hydrogens (tertiary/aromatic N) is 4. The van der Waals surface area contributed by atoms with Gasteiger partial charge in [-0.15, -0.1) is 11.3 Å². The highest BCUT2D eigenvalue weighted by Gasteiger charge is 2.35. The predicted octanol–water partition coefficient (Wildman–Crippen LogP) is 3.53. The molecule has 2 fully saturated rings. The molecule has 0 radical (unpaired) electrons. The number of piperazine rings is 1. The molecule has 3 heterocycles. The second kappa shape index (κ2) is 8.35. The molecule has 0 unspecified atom stereocenters. The molecular formula is C22H22N4O2S2. The molecule has 1 aliphatic heterocycles. The van der Waals surface area contributed by atoms with Crippen molar-refractivity contribution in [2.75, 3.05) is 31.9 Å². The minimum absolute atomic E-state index is 0.0962. The SMILES string of the molecule is O=C(CSc1nc(-c2cccs2)nc2ccccc12)N1CCN(C(=O)C2CC2)CC1. The lowest BCUT2D eigenvalue weighted by Gasteiger charge is -2.34. The molecule has 6 nitrogen and oxygen atoms in total. The molecule has 1 saturated heterocycles. The van der Waals surface area contributed by atoms with Gasteiger partial charge >= 0.3 is 0 Å². The van der Waals surface area contributed by atoms with Gasteiger partial charge in [0.25, 0.3) is 0 Å². The molecule has 8 heteroatoms. The summed E-state index contributed by atoms with van der Waals surface area (Å²) in [6.45, 7) is 2.51. The van der Waals surface area contributed by atoms with Crippen LogP contribution in [0.5, 0.6) is 0 Å². The van der Waals surface area contributed by atoms with Gasteiger partial charge in [0.1, 0.15) is 5.03 Å². The molecule has 0 bridgehead atoms. The number of rotatable bonds is 5. The summed E-state index contributed by atoms with van der Waals surface area (Å²) in [6.07, 6.45) is 2.05. The van der Waals surface area contributed by atoms with E-state index in [-0.39, 0.29) is 17.7 Å². The summed E-state index contributed by atoms with van der Waals surface area (Å²) >= 11 is 3.07. The Kier molecular flexibility index (Phi) is 5.43. The first-order chi connectivity index (χ1) is 14.7. The largest absolute Gasteiger partial charge is 0.339 e. The Morgan fingerprint density at radius 3 is 2.50 bits per heavy atom. The van der Waals surface area contributed by atoms with Crippen LogP contribution in [0.15, 0.2) is 46.8 Å². The number of amides is 2. The average Bonchev–Trinajstić information content (AvgIpc) is 3.50. The van der Waals surface area contributed by atoms with Crippen LogP contribution in [-0.4, -0.2) is 63.5 Å². The third kappa shape index (κ3) is 4.06. The van der Waals surface area contributed by atoms with Crippen molar-refractivity contribution in [2.24, 2.45) is 5.92 Å². The fourth-order valence-corrected chi connectivity index (χ4v) is 5.24. The standard InChI is InChI=1S/C22H22N4O2S2/c27-19(25-9-11-26(12-10-25)22(28)15-7-8-15)14-30-21-16-4-1-2-5-17(16)23-20(24-21)18-6-3-13-29-18/h1-6,13,15H,7-12,14H2. The Morgan fingerprint density at radius 1 is 1.00 bits per heavy atom. The highest BCUT2D eigenvalue weighted by Crippen LogP contribution is 2.32. The molecule has 1 aromatic carbocycles. The van der Waals surface area contributed by atoms with Crippen LogP contribution in [0.1, 0.15) is 12.8 Å². The summed E-state index contributed by atoms with van der Waals surface area (Å²) < 4.78 is 0. The maximum atomic E-state index is 12.8. The number of para-hydroxylation sites is 1. The van der Waals surface area contributed by atoms with Crippen molar-refractivity contribution in [3.05, 3.63) is 41.8 Å². The van der Waals surface area contributed by atoms with Crippen LogP contribution in [0.4, 0.5) is 0 Å². The number of fused-ring (bicyclic) bond motifs is 1. The first kappa shape index (κ1) is 19.5. The minimum Gasteiger partial charge on any atom is -0.339 e. The highest BCUT2D eigenvalue weighted by molar-refractivity contribution is 8.00. The van der Waals surface area contributed by atoms with E-state index in [0.29, 0.717) is 37.8 Å². The number of carbonyl (C=O) groups excluding carboxylic acids is 2. The number of benzene rings is 1. The molecule has 0 spiro atoms. The Bertz CT molecular complexity index is 1070. The molecule has 5 rings (SSSR count). The quantitative estimate of drug-likeness (QED) is 0.450. The van der Waals surface area contributed by atoms with Gasteiger partial charge in [0.2, 0.25) is 11.8 Å². The molecule has 2 aliphatic rings. The lowest BCUT2D eigenvalue weighted by atomic mass is 10.2. The Labute approximate surface area is 183 Å². The third-order valence-corrected chi connectivity index (χ3v) is 7.35. The number of hydrogen-bond acceptors (Lipinski definition) is 6. The van der Waals surface area contributed by atoms with Crippen LogP contribution in [-0.2, 0) is 9.59 Å². The van der Waals surface area contributed by atoms with E-state index in [4.69, 9.17) is 9.97 Å². The first-order valence-electron chi connectivity index (χ1n) is 10.2. The molecule has 2 aromatic heterocycles. The van der Waals surface area contributed by atoms with Crippen molar-refractivity contribution < 1.29 is 9.59 Å². The molecule has 1 aliphatic carbocycles. The summed E-state index contributed by atoms with van der Waals surface area (Å²) in [7, 11) is 0. The molecule has 30 heavy (non-hydrogen) atoms. The van der Waals surface area contributed by atoms with Gasteiger partial charge in [0.15, 0.2) is 5.82 Å². The van der Waals surface area contributed by atoms with Crippen molar-refractivity contribution >= 4 is 45.8 Å². The molecule has 1 saturated carbocycles. The third-order valence-electron chi connectivity index (χ3n) is 5.51. The van der Waals surface area contributed by atoms with E-state index >= 15 is 0 Å². The van der Waals surface area contributed by atoms with Gasteiger partial charge in [-0.2, -0.15) is 0 Å². The minimum atomic E-state index is 0.0962. The predicted molar refractivity (Wildman–Crippen MR) is 119 cm³/mol. The lowest BCUT2D eigenvalue weighted by Crippen LogP contribution is -2.51. The molecule has 2 amide bonds. The van der Waals surface area contributed by atoms with E-state index in [2.05, 4.69) is 0 Å². The van der Waals surface area contributed by atoms with Crippen molar-refractivity contribution in [2.45, 2.75) is 17.9 Å². The van der Waals surface area contributed by atoms with Crippen LogP contribution < -0.4 is 0 Å². The zero-order valence-corrected chi connectivity index (χ0v) is 18.1. The van der Waals surface area contributed by atoms with Crippen molar-refractivity contribution in [3.63, 3.8) is 0 Å². The van der Waals surface area contributed by atoms with E-state index < -0.39 is 0 Å². The van der Waals surface area contributed by atoms with Gasteiger partial charge in [0.05, 0.1) is 16.1 Å². The first-order valence-corrected chi connectivity index (χ1v) is 12.1. The maximum Gasteiger partial charge on any atom is 0.233 e. The Balaban J connectivity index is 1.27. The Morgan fingerprint density at radius 2 is 1.77 bits per heavy atom. The van der Waals surface area contributed by atoms with E-state index in [0.717, 1.165) is 33.6 Å². The summed E-state index contributed by atoms with van der Waals surface area (Å²) in [6, 6.07) is 11.9. The normalized spacial score (nSPS) is 16.8. The molecular weight excluding hydrogens is 416 g/mol. The topological polar surface area (TPSA) is 66.4 Å². The van der Waals surface area contributed by atoms with E-state index in [9.17, 15) is 9.59 Å². The van der Waals surface area contributed by atoms with Gasteiger partial charge in [-0.05, 0) is 30.4 Å². The summed E-state index contributed by atoms with van der Waals surface area (Å²) in [5, 5.41) is 3.81. The maximum absolute atomic E-state index is 12.8. The van der Waals surface area contributed by atoms with E-state index in [1.807, 2.05) is 51.6 Å². The second-order valence-electron chi connectivity index (χ2n) is 7.62. The van der Waals surface area contributed by atoms with Crippen LogP contribution in [0, 0.1) is 5.92 Å². The number of carbonyl (C=O) groups is 2. The van der Waals surface area contributed by atoms with Gasteiger partial charge in [-0.3, -0.25) is 9.59 Å². The smallest absolute Gasteiger partial charge is 0.233 e. The van der Waals surface area contributed by atoms with Gasteiger partial charge in [-0.25, -0.2) is 9.97 Å². The number of thioether (sulfide) groups is 1. The zero-order chi connectivity index (χ0) is 20.5. The van der Waals surface area contributed by atoms with Crippen molar-refractivity contribution in [3.8, 4) is 10.7 Å². The highest BCUT2D eigenvalue weighted by atomic mass is 32.2. The van der Waals surface area contributed by atoms with Gasteiger partial charge in [0, 0.05) is 37.5 Å². The van der Waals surface area contributed by atoms with Crippen LogP contribution >= 0.6 is 23.1 Å². The average molecular weight is 439 g/mol. The fourth-order valence-electron chi connectivity index (χ4n) is 3.66. The second-order valence-corrected chi connectivity index (χ2v) is 9.53. The van der Waals surface area contributed by atoms with Crippen molar-refractivity contribution in [1.82, 2.24) is 19.8 Å². The van der Waals surface area contributed by atoms with E-state index in [1.54, 1.807) is 11.3 Å². The molecule has 0 N–H and O–H groups in total.